The molecule has 21 heavy (non-hydrogen) atoms. The van der Waals surface area contributed by atoms with Crippen molar-refractivity contribution in [1.82, 2.24) is 4.72 Å². The number of thiocarbonyl (C=S) groups is 1. The Bertz CT molecular complexity index is 656. The maximum absolute atomic E-state index is 12.6. The molecular weight excluding hydrogens is 304 g/mol. The van der Waals surface area contributed by atoms with E-state index in [0.29, 0.717) is 27.9 Å². The smallest absolute Gasteiger partial charge is 0.241 e. The first-order chi connectivity index (χ1) is 9.72. The molecule has 0 bridgehead atoms. The molecule has 4 nitrogen and oxygen atoms in total. The number of hydrogen-bond acceptors (Lipinski definition) is 3. The molecule has 116 valence electrons. The van der Waals surface area contributed by atoms with Gasteiger partial charge in [0.2, 0.25) is 10.0 Å². The molecule has 1 aliphatic rings. The van der Waals surface area contributed by atoms with Gasteiger partial charge in [0.15, 0.2) is 0 Å². The molecule has 1 aromatic carbocycles. The second-order valence-corrected chi connectivity index (χ2v) is 8.11. The minimum absolute atomic E-state index is 0.0136. The Morgan fingerprint density at radius 2 is 2.00 bits per heavy atom. The lowest BCUT2D eigenvalue weighted by Gasteiger charge is -2.20. The van der Waals surface area contributed by atoms with Crippen LogP contribution in [0.25, 0.3) is 0 Å². The Hall–Kier alpha value is -0.980. The van der Waals surface area contributed by atoms with Gasteiger partial charge in [-0.2, -0.15) is 0 Å². The van der Waals surface area contributed by atoms with E-state index in [-0.39, 0.29) is 11.0 Å². The summed E-state index contributed by atoms with van der Waals surface area (Å²) in [6.45, 7) is 6.03. The Kier molecular flexibility index (Phi) is 4.70. The first kappa shape index (κ1) is 16.4. The van der Waals surface area contributed by atoms with Gasteiger partial charge >= 0.3 is 0 Å². The molecule has 0 radical (unpaired) electrons. The lowest BCUT2D eigenvalue weighted by molar-refractivity contribution is 0.402. The van der Waals surface area contributed by atoms with Gasteiger partial charge in [0.25, 0.3) is 0 Å². The van der Waals surface area contributed by atoms with Crippen molar-refractivity contribution in [3.63, 3.8) is 0 Å². The standard InChI is InChI=1S/C15H22N2O2S2/c1-9-4-6-13(11(9)3)17-21(18,19)14-7-5-12(15(16)20)8-10(14)2/h5,7-9,11,13,17H,4,6H2,1-3H3,(H2,16,20). The van der Waals surface area contributed by atoms with Crippen molar-refractivity contribution in [3.05, 3.63) is 29.3 Å². The van der Waals surface area contributed by atoms with E-state index in [2.05, 4.69) is 18.6 Å². The van der Waals surface area contributed by atoms with Crippen LogP contribution in [0.1, 0.15) is 37.8 Å². The van der Waals surface area contributed by atoms with Gasteiger partial charge in [0, 0.05) is 11.6 Å². The van der Waals surface area contributed by atoms with Crippen LogP contribution in [0, 0.1) is 18.8 Å². The lowest BCUT2D eigenvalue weighted by atomic mass is 9.98. The molecular formula is C15H22N2O2S2. The molecule has 0 spiro atoms. The van der Waals surface area contributed by atoms with E-state index in [1.54, 1.807) is 25.1 Å². The van der Waals surface area contributed by atoms with Gasteiger partial charge in [-0.05, 0) is 49.3 Å². The van der Waals surface area contributed by atoms with Gasteiger partial charge in [0.05, 0.1) is 4.90 Å². The summed E-state index contributed by atoms with van der Waals surface area (Å²) < 4.78 is 28.0. The first-order valence-corrected chi connectivity index (χ1v) is 9.04. The maximum atomic E-state index is 12.6. The molecule has 0 heterocycles. The Morgan fingerprint density at radius 1 is 1.33 bits per heavy atom. The first-order valence-electron chi connectivity index (χ1n) is 7.15. The molecule has 2 rings (SSSR count). The average Bonchev–Trinajstić information content (AvgIpc) is 2.69. The van der Waals surface area contributed by atoms with Crippen molar-refractivity contribution in [3.8, 4) is 0 Å². The van der Waals surface area contributed by atoms with E-state index < -0.39 is 10.0 Å². The second-order valence-electron chi connectivity index (χ2n) is 5.99. The monoisotopic (exact) mass is 326 g/mol. The zero-order valence-electron chi connectivity index (χ0n) is 12.6. The van der Waals surface area contributed by atoms with Gasteiger partial charge in [-0.25, -0.2) is 13.1 Å². The van der Waals surface area contributed by atoms with Crippen LogP contribution in [-0.2, 0) is 10.0 Å². The van der Waals surface area contributed by atoms with E-state index in [1.165, 1.54) is 0 Å². The van der Waals surface area contributed by atoms with Gasteiger partial charge in [-0.15, -0.1) is 0 Å². The highest BCUT2D eigenvalue weighted by Crippen LogP contribution is 2.32. The van der Waals surface area contributed by atoms with Gasteiger partial charge in [0.1, 0.15) is 4.99 Å². The number of aryl methyl sites for hydroxylation is 1. The van der Waals surface area contributed by atoms with E-state index in [4.69, 9.17) is 18.0 Å². The normalized spacial score (nSPS) is 26.0. The molecule has 1 aliphatic carbocycles. The Labute approximate surface area is 132 Å². The highest BCUT2D eigenvalue weighted by Gasteiger charge is 2.33. The predicted octanol–water partition coefficient (Wildman–Crippen LogP) is 2.34. The predicted molar refractivity (Wildman–Crippen MR) is 88.7 cm³/mol. The van der Waals surface area contributed by atoms with Crippen LogP contribution < -0.4 is 10.5 Å². The summed E-state index contributed by atoms with van der Waals surface area (Å²) in [4.78, 5) is 0.572. The van der Waals surface area contributed by atoms with Crippen LogP contribution in [0.15, 0.2) is 23.1 Å². The minimum Gasteiger partial charge on any atom is -0.389 e. The van der Waals surface area contributed by atoms with E-state index in [9.17, 15) is 8.42 Å². The summed E-state index contributed by atoms with van der Waals surface area (Å²) in [5, 5.41) is 0. The molecule has 1 fully saturated rings. The van der Waals surface area contributed by atoms with E-state index in [0.717, 1.165) is 12.8 Å². The molecule has 0 saturated heterocycles. The molecule has 1 aromatic rings. The zero-order valence-corrected chi connectivity index (χ0v) is 14.2. The van der Waals surface area contributed by atoms with Gasteiger partial charge < -0.3 is 5.73 Å². The molecule has 0 amide bonds. The fourth-order valence-corrected chi connectivity index (χ4v) is 4.61. The number of rotatable bonds is 4. The number of nitrogens with two attached hydrogens (primary N) is 1. The molecule has 0 aromatic heterocycles. The summed E-state index contributed by atoms with van der Waals surface area (Å²) in [5.74, 6) is 0.909. The fourth-order valence-electron chi connectivity index (χ4n) is 2.90. The van der Waals surface area contributed by atoms with Crippen molar-refractivity contribution < 1.29 is 8.42 Å². The van der Waals surface area contributed by atoms with Crippen molar-refractivity contribution in [1.29, 1.82) is 0 Å². The van der Waals surface area contributed by atoms with Crippen molar-refractivity contribution in [2.45, 2.75) is 44.6 Å². The fraction of sp³-hybridized carbons (Fsp3) is 0.533. The average molecular weight is 326 g/mol. The van der Waals surface area contributed by atoms with Gasteiger partial charge in [-0.3, -0.25) is 0 Å². The van der Waals surface area contributed by atoms with Crippen molar-refractivity contribution >= 4 is 27.2 Å². The Balaban J connectivity index is 2.26. The van der Waals surface area contributed by atoms with Crippen molar-refractivity contribution in [2.24, 2.45) is 17.6 Å². The topological polar surface area (TPSA) is 72.2 Å². The summed E-state index contributed by atoms with van der Waals surface area (Å²) in [7, 11) is -3.51. The van der Waals surface area contributed by atoms with Crippen LogP contribution in [0.5, 0.6) is 0 Å². The molecule has 6 heteroatoms. The third kappa shape index (κ3) is 3.44. The number of sulfonamides is 1. The highest BCUT2D eigenvalue weighted by molar-refractivity contribution is 7.89. The van der Waals surface area contributed by atoms with Gasteiger partial charge in [-0.1, -0.05) is 32.1 Å². The third-order valence-electron chi connectivity index (χ3n) is 4.52. The molecule has 3 atom stereocenters. The lowest BCUT2D eigenvalue weighted by Crippen LogP contribution is -2.37. The summed E-state index contributed by atoms with van der Waals surface area (Å²) in [5.41, 5.74) is 6.92. The molecule has 3 N–H and O–H groups in total. The quantitative estimate of drug-likeness (QED) is 0.833. The highest BCUT2D eigenvalue weighted by atomic mass is 32.2. The number of hydrogen-bond donors (Lipinski definition) is 2. The molecule has 3 unspecified atom stereocenters. The number of benzene rings is 1. The zero-order chi connectivity index (χ0) is 15.8. The van der Waals surface area contributed by atoms with Crippen LogP contribution in [0.4, 0.5) is 0 Å². The van der Waals surface area contributed by atoms with Crippen LogP contribution in [0.2, 0.25) is 0 Å². The van der Waals surface area contributed by atoms with E-state index in [1.807, 2.05) is 0 Å². The largest absolute Gasteiger partial charge is 0.389 e. The van der Waals surface area contributed by atoms with Crippen LogP contribution in [0.3, 0.4) is 0 Å². The van der Waals surface area contributed by atoms with E-state index >= 15 is 0 Å². The van der Waals surface area contributed by atoms with Crippen LogP contribution in [-0.4, -0.2) is 19.4 Å². The molecule has 0 aliphatic heterocycles. The maximum Gasteiger partial charge on any atom is 0.241 e. The van der Waals surface area contributed by atoms with Crippen molar-refractivity contribution in [2.75, 3.05) is 0 Å². The summed E-state index contributed by atoms with van der Waals surface area (Å²) >= 11 is 4.92. The SMILES string of the molecule is Cc1cc(C(N)=S)ccc1S(=O)(=O)NC1CCC(C)C1C. The summed E-state index contributed by atoms with van der Waals surface area (Å²) in [6.07, 6.45) is 1.96. The third-order valence-corrected chi connectivity index (χ3v) is 6.41. The summed E-state index contributed by atoms with van der Waals surface area (Å²) in [6, 6.07) is 4.97. The Morgan fingerprint density at radius 3 is 2.48 bits per heavy atom. The second kappa shape index (κ2) is 6.02. The van der Waals surface area contributed by atoms with Crippen LogP contribution >= 0.6 is 12.2 Å². The minimum atomic E-state index is -3.51. The number of nitrogens with one attached hydrogen (secondary N) is 1. The molecule has 1 saturated carbocycles.